The molecule has 1 N–H and O–H groups in total. The highest BCUT2D eigenvalue weighted by Crippen LogP contribution is 2.25. The lowest BCUT2D eigenvalue weighted by Gasteiger charge is -2.32. The van der Waals surface area contributed by atoms with Crippen LogP contribution >= 0.6 is 0 Å². The Kier molecular flexibility index (Phi) is 7.69. The van der Waals surface area contributed by atoms with Crippen molar-refractivity contribution in [3.8, 4) is 11.5 Å². The molecule has 1 aliphatic heterocycles. The molecule has 0 saturated carbocycles. The number of carbonyl (C=O) groups is 1. The molecule has 2 aromatic carbocycles. The van der Waals surface area contributed by atoms with E-state index in [1.54, 1.807) is 13.2 Å². The van der Waals surface area contributed by atoms with Gasteiger partial charge in [0.2, 0.25) is 5.91 Å². The lowest BCUT2D eigenvalue weighted by atomic mass is 9.93. The lowest BCUT2D eigenvalue weighted by Crippen LogP contribution is -2.35. The van der Waals surface area contributed by atoms with E-state index < -0.39 is 0 Å². The number of hydrogen-bond acceptors (Lipinski definition) is 4. The molecule has 0 aliphatic carbocycles. The van der Waals surface area contributed by atoms with Crippen molar-refractivity contribution in [2.75, 3.05) is 32.6 Å². The summed E-state index contributed by atoms with van der Waals surface area (Å²) in [4.78, 5) is 14.8. The SMILES string of the molecule is COc1cc(C)cc(NC(=O)CCC2CCCN(Cc3ccc(F)c(OC)c3)C2)c1. The summed E-state index contributed by atoms with van der Waals surface area (Å²) in [5.41, 5.74) is 2.86. The molecular weight excluding hydrogens is 383 g/mol. The second kappa shape index (κ2) is 10.4. The van der Waals surface area contributed by atoms with Crippen LogP contribution < -0.4 is 14.8 Å². The monoisotopic (exact) mass is 414 g/mol. The number of hydrogen-bond donors (Lipinski definition) is 1. The summed E-state index contributed by atoms with van der Waals surface area (Å²) in [6.45, 7) is 4.71. The molecule has 3 rings (SSSR count). The fourth-order valence-corrected chi connectivity index (χ4v) is 4.09. The third-order valence-electron chi connectivity index (χ3n) is 5.57. The van der Waals surface area contributed by atoms with Gasteiger partial charge in [-0.25, -0.2) is 4.39 Å². The third-order valence-corrected chi connectivity index (χ3v) is 5.57. The number of benzene rings is 2. The van der Waals surface area contributed by atoms with Gasteiger partial charge in [0.1, 0.15) is 5.75 Å². The number of rotatable bonds is 8. The first-order chi connectivity index (χ1) is 14.5. The molecule has 1 aliphatic rings. The Morgan fingerprint density at radius 2 is 2.03 bits per heavy atom. The van der Waals surface area contributed by atoms with Gasteiger partial charge in [0.15, 0.2) is 11.6 Å². The Morgan fingerprint density at radius 3 is 2.80 bits per heavy atom. The molecule has 1 fully saturated rings. The number of methoxy groups -OCH3 is 2. The van der Waals surface area contributed by atoms with Crippen LogP contribution in [-0.4, -0.2) is 38.1 Å². The van der Waals surface area contributed by atoms with Gasteiger partial charge >= 0.3 is 0 Å². The van der Waals surface area contributed by atoms with E-state index in [1.165, 1.54) is 13.2 Å². The normalized spacial score (nSPS) is 16.9. The van der Waals surface area contributed by atoms with E-state index in [9.17, 15) is 9.18 Å². The molecule has 1 saturated heterocycles. The molecule has 0 radical (unpaired) electrons. The number of carbonyl (C=O) groups excluding carboxylic acids is 1. The summed E-state index contributed by atoms with van der Waals surface area (Å²) in [6.07, 6.45) is 3.60. The Bertz CT molecular complexity index is 872. The molecule has 162 valence electrons. The van der Waals surface area contributed by atoms with Crippen molar-refractivity contribution in [3.05, 3.63) is 53.3 Å². The van der Waals surface area contributed by atoms with Gasteiger partial charge in [-0.2, -0.15) is 0 Å². The van der Waals surface area contributed by atoms with E-state index in [-0.39, 0.29) is 17.5 Å². The zero-order valence-corrected chi connectivity index (χ0v) is 18.0. The van der Waals surface area contributed by atoms with Gasteiger partial charge in [-0.3, -0.25) is 9.69 Å². The van der Waals surface area contributed by atoms with E-state index in [0.29, 0.717) is 12.3 Å². The lowest BCUT2D eigenvalue weighted by molar-refractivity contribution is -0.116. The van der Waals surface area contributed by atoms with Gasteiger partial charge in [-0.05, 0) is 74.0 Å². The fraction of sp³-hybridized carbons (Fsp3) is 0.458. The second-order valence-electron chi connectivity index (χ2n) is 8.04. The predicted molar refractivity (Wildman–Crippen MR) is 117 cm³/mol. The Labute approximate surface area is 178 Å². The molecule has 0 spiro atoms. The minimum absolute atomic E-state index is 0.0306. The van der Waals surface area contributed by atoms with Crippen LogP contribution in [0.5, 0.6) is 11.5 Å². The van der Waals surface area contributed by atoms with Gasteiger partial charge in [0, 0.05) is 31.3 Å². The number of anilines is 1. The smallest absolute Gasteiger partial charge is 0.224 e. The van der Waals surface area contributed by atoms with E-state index >= 15 is 0 Å². The van der Waals surface area contributed by atoms with Gasteiger partial charge in [0.25, 0.3) is 0 Å². The third kappa shape index (κ3) is 6.20. The highest BCUT2D eigenvalue weighted by atomic mass is 19.1. The van der Waals surface area contributed by atoms with Crippen molar-refractivity contribution in [1.82, 2.24) is 4.90 Å². The highest BCUT2D eigenvalue weighted by Gasteiger charge is 2.21. The maximum absolute atomic E-state index is 13.6. The van der Waals surface area contributed by atoms with Crippen LogP contribution in [0.4, 0.5) is 10.1 Å². The second-order valence-corrected chi connectivity index (χ2v) is 8.04. The zero-order valence-electron chi connectivity index (χ0n) is 18.0. The summed E-state index contributed by atoms with van der Waals surface area (Å²) >= 11 is 0. The number of piperidine rings is 1. The molecule has 2 aromatic rings. The first-order valence-corrected chi connectivity index (χ1v) is 10.5. The molecule has 1 amide bonds. The van der Waals surface area contributed by atoms with Crippen LogP contribution in [0.2, 0.25) is 0 Å². The molecule has 30 heavy (non-hydrogen) atoms. The highest BCUT2D eigenvalue weighted by molar-refractivity contribution is 5.91. The number of ether oxygens (including phenoxy) is 2. The predicted octanol–water partition coefficient (Wildman–Crippen LogP) is 4.78. The van der Waals surface area contributed by atoms with Crippen molar-refractivity contribution in [3.63, 3.8) is 0 Å². The largest absolute Gasteiger partial charge is 0.497 e. The quantitative estimate of drug-likeness (QED) is 0.675. The van der Waals surface area contributed by atoms with Crippen molar-refractivity contribution in [2.45, 2.75) is 39.2 Å². The molecule has 6 heteroatoms. The van der Waals surface area contributed by atoms with Gasteiger partial charge < -0.3 is 14.8 Å². The molecule has 1 heterocycles. The fourth-order valence-electron chi connectivity index (χ4n) is 4.09. The van der Waals surface area contributed by atoms with Crippen LogP contribution in [0.15, 0.2) is 36.4 Å². The van der Waals surface area contributed by atoms with Crippen LogP contribution in [0.3, 0.4) is 0 Å². The standard InChI is InChI=1S/C24H31FN2O3/c1-17-11-20(14-21(12-17)29-2)26-24(28)9-7-18-5-4-10-27(15-18)16-19-6-8-22(25)23(13-19)30-3/h6,8,11-14,18H,4-5,7,9-10,15-16H2,1-3H3,(H,26,28). The van der Waals surface area contributed by atoms with Crippen molar-refractivity contribution in [1.29, 1.82) is 0 Å². The Hall–Kier alpha value is -2.60. The zero-order chi connectivity index (χ0) is 21.5. The van der Waals surface area contributed by atoms with Crippen LogP contribution in [0.1, 0.15) is 36.8 Å². The van der Waals surface area contributed by atoms with Crippen molar-refractivity contribution in [2.24, 2.45) is 5.92 Å². The Morgan fingerprint density at radius 1 is 1.20 bits per heavy atom. The summed E-state index contributed by atoms with van der Waals surface area (Å²) in [7, 11) is 3.11. The van der Waals surface area contributed by atoms with E-state index in [2.05, 4.69) is 10.2 Å². The van der Waals surface area contributed by atoms with Crippen LogP contribution in [-0.2, 0) is 11.3 Å². The molecule has 5 nitrogen and oxygen atoms in total. The number of amides is 1. The first-order valence-electron chi connectivity index (χ1n) is 10.5. The van der Waals surface area contributed by atoms with Crippen molar-refractivity contribution >= 4 is 11.6 Å². The number of halogens is 1. The average molecular weight is 415 g/mol. The Balaban J connectivity index is 1.49. The minimum Gasteiger partial charge on any atom is -0.497 e. The number of nitrogens with one attached hydrogen (secondary N) is 1. The van der Waals surface area contributed by atoms with Crippen LogP contribution in [0, 0.1) is 18.7 Å². The molecule has 1 unspecified atom stereocenters. The van der Waals surface area contributed by atoms with Gasteiger partial charge in [0.05, 0.1) is 14.2 Å². The maximum Gasteiger partial charge on any atom is 0.224 e. The number of nitrogens with zero attached hydrogens (tertiary/aromatic N) is 1. The number of likely N-dealkylation sites (tertiary alicyclic amines) is 1. The van der Waals surface area contributed by atoms with Gasteiger partial charge in [-0.15, -0.1) is 0 Å². The maximum atomic E-state index is 13.6. The molecule has 1 atom stereocenters. The number of aryl methyl sites for hydroxylation is 1. The minimum atomic E-state index is -0.338. The topological polar surface area (TPSA) is 50.8 Å². The van der Waals surface area contributed by atoms with E-state index in [0.717, 1.165) is 61.5 Å². The molecule has 0 bridgehead atoms. The van der Waals surface area contributed by atoms with Crippen LogP contribution in [0.25, 0.3) is 0 Å². The molecule has 0 aromatic heterocycles. The van der Waals surface area contributed by atoms with E-state index in [1.807, 2.05) is 31.2 Å². The average Bonchev–Trinajstić information content (AvgIpc) is 2.73. The van der Waals surface area contributed by atoms with Crippen molar-refractivity contribution < 1.29 is 18.7 Å². The summed E-state index contributed by atoms with van der Waals surface area (Å²) in [6, 6.07) is 10.8. The molecular formula is C24H31FN2O3. The van der Waals surface area contributed by atoms with E-state index in [4.69, 9.17) is 9.47 Å². The summed E-state index contributed by atoms with van der Waals surface area (Å²) in [5, 5.41) is 2.98. The van der Waals surface area contributed by atoms with Gasteiger partial charge in [-0.1, -0.05) is 6.07 Å². The summed E-state index contributed by atoms with van der Waals surface area (Å²) in [5.74, 6) is 1.20. The summed E-state index contributed by atoms with van der Waals surface area (Å²) < 4.78 is 24.0. The first kappa shape index (κ1) is 22.1.